The molecule has 0 saturated carbocycles. The summed E-state index contributed by atoms with van der Waals surface area (Å²) in [6, 6.07) is 0.203. The Kier molecular flexibility index (Phi) is 3.89. The second kappa shape index (κ2) is 5.42. The van der Waals surface area contributed by atoms with E-state index in [4.69, 9.17) is 10.2 Å². The molecular formula is C13H21N3O2. The molecule has 0 saturated heterocycles. The van der Waals surface area contributed by atoms with E-state index in [9.17, 15) is 4.79 Å². The van der Waals surface area contributed by atoms with Gasteiger partial charge in [0.2, 0.25) is 5.91 Å². The predicted octanol–water partition coefficient (Wildman–Crippen LogP) is 1.97. The highest BCUT2D eigenvalue weighted by atomic mass is 16.4. The van der Waals surface area contributed by atoms with Gasteiger partial charge in [0.15, 0.2) is 0 Å². The zero-order valence-electron chi connectivity index (χ0n) is 11.1. The third-order valence-corrected chi connectivity index (χ3v) is 3.27. The molecule has 2 N–H and O–H groups in total. The molecule has 1 aliphatic heterocycles. The number of aromatic nitrogens is 1. The van der Waals surface area contributed by atoms with Gasteiger partial charge in [0, 0.05) is 19.4 Å². The zero-order valence-corrected chi connectivity index (χ0v) is 11.1. The van der Waals surface area contributed by atoms with E-state index in [-0.39, 0.29) is 11.9 Å². The van der Waals surface area contributed by atoms with Crippen LogP contribution in [0.15, 0.2) is 4.42 Å². The fourth-order valence-corrected chi connectivity index (χ4v) is 2.25. The minimum atomic E-state index is 0.203. The van der Waals surface area contributed by atoms with E-state index in [1.165, 1.54) is 0 Å². The van der Waals surface area contributed by atoms with Crippen LogP contribution >= 0.6 is 0 Å². The number of oxazole rings is 1. The summed E-state index contributed by atoms with van der Waals surface area (Å²) in [7, 11) is 0. The SMILES string of the molecule is CC(C)CCCC(=O)N1CCc2nc(N)oc2C1. The molecule has 1 aromatic heterocycles. The predicted molar refractivity (Wildman–Crippen MR) is 68.7 cm³/mol. The minimum Gasteiger partial charge on any atom is -0.427 e. The Hall–Kier alpha value is -1.52. The molecule has 1 aromatic rings. The molecule has 2 heterocycles. The van der Waals surface area contributed by atoms with Crippen molar-refractivity contribution in [3.05, 3.63) is 11.5 Å². The first kappa shape index (κ1) is 12.9. The van der Waals surface area contributed by atoms with Crippen LogP contribution in [0.5, 0.6) is 0 Å². The van der Waals surface area contributed by atoms with Gasteiger partial charge in [-0.25, -0.2) is 0 Å². The van der Waals surface area contributed by atoms with Crippen LogP contribution < -0.4 is 5.73 Å². The van der Waals surface area contributed by atoms with Crippen molar-refractivity contribution in [2.24, 2.45) is 5.92 Å². The van der Waals surface area contributed by atoms with E-state index < -0.39 is 0 Å². The van der Waals surface area contributed by atoms with Crippen molar-refractivity contribution in [2.75, 3.05) is 12.3 Å². The highest BCUT2D eigenvalue weighted by molar-refractivity contribution is 5.76. The summed E-state index contributed by atoms with van der Waals surface area (Å²) in [4.78, 5) is 18.0. The maximum absolute atomic E-state index is 12.0. The van der Waals surface area contributed by atoms with Crippen LogP contribution in [0.25, 0.3) is 0 Å². The van der Waals surface area contributed by atoms with Crippen LogP contribution in [-0.4, -0.2) is 22.3 Å². The first-order valence-electron chi connectivity index (χ1n) is 6.58. The Bertz CT molecular complexity index is 426. The van der Waals surface area contributed by atoms with Crippen LogP contribution in [0, 0.1) is 5.92 Å². The average molecular weight is 251 g/mol. The molecule has 1 aliphatic rings. The number of nitrogens with zero attached hydrogens (tertiary/aromatic N) is 2. The summed E-state index contributed by atoms with van der Waals surface area (Å²) in [6.45, 7) is 5.59. The third-order valence-electron chi connectivity index (χ3n) is 3.27. The minimum absolute atomic E-state index is 0.203. The van der Waals surface area contributed by atoms with E-state index in [1.807, 2.05) is 4.90 Å². The van der Waals surface area contributed by atoms with E-state index in [2.05, 4.69) is 18.8 Å². The van der Waals surface area contributed by atoms with Crippen LogP contribution in [-0.2, 0) is 17.8 Å². The lowest BCUT2D eigenvalue weighted by molar-refractivity contribution is -0.132. The Morgan fingerprint density at radius 2 is 2.33 bits per heavy atom. The highest BCUT2D eigenvalue weighted by Crippen LogP contribution is 2.21. The molecule has 0 spiro atoms. The molecular weight excluding hydrogens is 230 g/mol. The molecule has 5 nitrogen and oxygen atoms in total. The number of nitrogen functional groups attached to an aromatic ring is 1. The molecule has 2 rings (SSSR count). The zero-order chi connectivity index (χ0) is 13.1. The molecule has 0 radical (unpaired) electrons. The van der Waals surface area contributed by atoms with Crippen molar-refractivity contribution in [2.45, 2.75) is 46.1 Å². The smallest absolute Gasteiger partial charge is 0.292 e. The Morgan fingerprint density at radius 3 is 3.06 bits per heavy atom. The lowest BCUT2D eigenvalue weighted by atomic mass is 10.1. The summed E-state index contributed by atoms with van der Waals surface area (Å²) >= 11 is 0. The number of anilines is 1. The molecule has 5 heteroatoms. The van der Waals surface area contributed by atoms with Crippen LogP contribution in [0.1, 0.15) is 44.6 Å². The number of carbonyl (C=O) groups is 1. The summed E-state index contributed by atoms with van der Waals surface area (Å²) in [5.41, 5.74) is 6.41. The fourth-order valence-electron chi connectivity index (χ4n) is 2.25. The van der Waals surface area contributed by atoms with Crippen molar-refractivity contribution in [3.63, 3.8) is 0 Å². The van der Waals surface area contributed by atoms with Gasteiger partial charge in [0.25, 0.3) is 6.01 Å². The monoisotopic (exact) mass is 251 g/mol. The quantitative estimate of drug-likeness (QED) is 0.888. The van der Waals surface area contributed by atoms with Crippen molar-refractivity contribution >= 4 is 11.9 Å². The maximum Gasteiger partial charge on any atom is 0.292 e. The lowest BCUT2D eigenvalue weighted by Gasteiger charge is -2.25. The number of amides is 1. The lowest BCUT2D eigenvalue weighted by Crippen LogP contribution is -2.35. The van der Waals surface area contributed by atoms with Gasteiger partial charge < -0.3 is 15.1 Å². The summed E-state index contributed by atoms with van der Waals surface area (Å²) in [5, 5.41) is 0. The van der Waals surface area contributed by atoms with Crippen molar-refractivity contribution in [1.82, 2.24) is 9.88 Å². The Morgan fingerprint density at radius 1 is 1.56 bits per heavy atom. The highest BCUT2D eigenvalue weighted by Gasteiger charge is 2.24. The number of nitrogens with two attached hydrogens (primary N) is 1. The van der Waals surface area contributed by atoms with Crippen molar-refractivity contribution in [1.29, 1.82) is 0 Å². The van der Waals surface area contributed by atoms with Crippen LogP contribution in [0.2, 0.25) is 0 Å². The van der Waals surface area contributed by atoms with E-state index in [0.29, 0.717) is 18.9 Å². The van der Waals surface area contributed by atoms with Gasteiger partial charge >= 0.3 is 0 Å². The molecule has 0 bridgehead atoms. The molecule has 18 heavy (non-hydrogen) atoms. The second-order valence-electron chi connectivity index (χ2n) is 5.27. The average Bonchev–Trinajstić information content (AvgIpc) is 2.67. The molecule has 0 unspecified atom stereocenters. The van der Waals surface area contributed by atoms with Crippen molar-refractivity contribution in [3.8, 4) is 0 Å². The number of fused-ring (bicyclic) bond motifs is 1. The standard InChI is InChI=1S/C13H21N3O2/c1-9(2)4-3-5-12(17)16-7-6-10-11(8-16)18-13(14)15-10/h9H,3-8H2,1-2H3,(H2,14,15). The maximum atomic E-state index is 12.0. The van der Waals surface area contributed by atoms with E-state index in [1.54, 1.807) is 0 Å². The molecule has 1 amide bonds. The van der Waals surface area contributed by atoms with Gasteiger partial charge in [-0.05, 0) is 12.3 Å². The fraction of sp³-hybridized carbons (Fsp3) is 0.692. The normalized spacial score (nSPS) is 14.9. The van der Waals surface area contributed by atoms with Gasteiger partial charge in [0.05, 0.1) is 12.2 Å². The first-order chi connectivity index (χ1) is 8.56. The summed E-state index contributed by atoms with van der Waals surface area (Å²) in [5.74, 6) is 1.60. The van der Waals surface area contributed by atoms with Gasteiger partial charge in [-0.2, -0.15) is 4.98 Å². The van der Waals surface area contributed by atoms with E-state index >= 15 is 0 Å². The molecule has 0 aliphatic carbocycles. The third kappa shape index (κ3) is 3.03. The number of carbonyl (C=O) groups excluding carboxylic acids is 1. The van der Waals surface area contributed by atoms with Crippen LogP contribution in [0.4, 0.5) is 6.01 Å². The number of hydrogen-bond donors (Lipinski definition) is 1. The molecule has 100 valence electrons. The van der Waals surface area contributed by atoms with Gasteiger partial charge in [0.1, 0.15) is 5.76 Å². The summed E-state index contributed by atoms with van der Waals surface area (Å²) in [6.07, 6.45) is 3.42. The largest absolute Gasteiger partial charge is 0.427 e. The number of rotatable bonds is 4. The van der Waals surface area contributed by atoms with Crippen molar-refractivity contribution < 1.29 is 9.21 Å². The molecule has 0 atom stereocenters. The van der Waals surface area contributed by atoms with Gasteiger partial charge in [-0.3, -0.25) is 4.79 Å². The first-order valence-corrected chi connectivity index (χ1v) is 6.58. The Labute approximate surface area is 107 Å². The van der Waals surface area contributed by atoms with Crippen LogP contribution in [0.3, 0.4) is 0 Å². The molecule has 0 aromatic carbocycles. The summed E-state index contributed by atoms with van der Waals surface area (Å²) < 4.78 is 5.30. The van der Waals surface area contributed by atoms with E-state index in [0.717, 1.165) is 37.3 Å². The number of hydrogen-bond acceptors (Lipinski definition) is 4. The molecule has 0 fully saturated rings. The van der Waals surface area contributed by atoms with Gasteiger partial charge in [-0.15, -0.1) is 0 Å². The Balaban J connectivity index is 1.86. The topological polar surface area (TPSA) is 72.4 Å². The van der Waals surface area contributed by atoms with Gasteiger partial charge in [-0.1, -0.05) is 20.3 Å². The second-order valence-corrected chi connectivity index (χ2v) is 5.27.